The normalized spacial score (nSPS) is 10.9. The van der Waals surface area contributed by atoms with Crippen LogP contribution in [-0.4, -0.2) is 20.5 Å². The van der Waals surface area contributed by atoms with Gasteiger partial charge in [-0.1, -0.05) is 30.3 Å². The van der Waals surface area contributed by atoms with Crippen LogP contribution in [0.3, 0.4) is 0 Å². The predicted molar refractivity (Wildman–Crippen MR) is 83.7 cm³/mol. The molecule has 0 aliphatic rings. The fourth-order valence-electron chi connectivity index (χ4n) is 2.32. The Morgan fingerprint density at radius 2 is 1.95 bits per heavy atom. The number of hydrogen-bond donors (Lipinski definition) is 1. The summed E-state index contributed by atoms with van der Waals surface area (Å²) in [5, 5.41) is 9.05. The van der Waals surface area contributed by atoms with Crippen molar-refractivity contribution in [3.05, 3.63) is 70.2 Å². The van der Waals surface area contributed by atoms with E-state index < -0.39 is 5.97 Å². The van der Waals surface area contributed by atoms with E-state index in [2.05, 4.69) is 33.0 Å². The average Bonchev–Trinajstić information content (AvgIpc) is 2.82. The molecule has 0 bridgehead atoms. The molecule has 2 aromatic heterocycles. The number of halogens is 1. The summed E-state index contributed by atoms with van der Waals surface area (Å²) in [6.07, 6.45) is 3.45. The maximum absolute atomic E-state index is 11.0. The van der Waals surface area contributed by atoms with Gasteiger partial charge >= 0.3 is 5.97 Å². The number of carboxylic acids is 1. The highest BCUT2D eigenvalue weighted by Gasteiger charge is 2.12. The molecule has 4 nitrogen and oxygen atoms in total. The molecule has 3 rings (SSSR count). The quantitative estimate of drug-likeness (QED) is 0.786. The van der Waals surface area contributed by atoms with E-state index in [0.29, 0.717) is 4.60 Å². The number of benzene rings is 1. The average molecular weight is 345 g/mol. The Morgan fingerprint density at radius 3 is 2.67 bits per heavy atom. The number of rotatable bonds is 4. The van der Waals surface area contributed by atoms with Gasteiger partial charge < -0.3 is 9.51 Å². The minimum Gasteiger partial charge on any atom is -0.478 e. The molecule has 1 aromatic carbocycles. The van der Waals surface area contributed by atoms with Gasteiger partial charge in [0, 0.05) is 12.6 Å². The number of imidazole rings is 1. The van der Waals surface area contributed by atoms with Crippen molar-refractivity contribution < 1.29 is 9.90 Å². The molecule has 2 heterocycles. The molecule has 0 fully saturated rings. The minimum atomic E-state index is -0.934. The van der Waals surface area contributed by atoms with Crippen LogP contribution in [0.1, 0.15) is 21.7 Å². The lowest BCUT2D eigenvalue weighted by Gasteiger charge is -2.03. The maximum Gasteiger partial charge on any atom is 0.335 e. The van der Waals surface area contributed by atoms with Gasteiger partial charge in [0.1, 0.15) is 10.4 Å². The summed E-state index contributed by atoms with van der Waals surface area (Å²) in [6.45, 7) is 0. The zero-order valence-corrected chi connectivity index (χ0v) is 12.7. The number of fused-ring (bicyclic) bond motifs is 1. The molecule has 0 unspecified atom stereocenters. The molecule has 3 aromatic rings. The first kappa shape index (κ1) is 13.8. The van der Waals surface area contributed by atoms with Gasteiger partial charge in [-0.05, 0) is 40.0 Å². The van der Waals surface area contributed by atoms with Crippen molar-refractivity contribution in [3.63, 3.8) is 0 Å². The molecule has 0 saturated carbocycles. The van der Waals surface area contributed by atoms with Crippen LogP contribution in [0.4, 0.5) is 0 Å². The number of carboxylic acid groups (broad SMARTS) is 1. The van der Waals surface area contributed by atoms with E-state index in [4.69, 9.17) is 5.11 Å². The van der Waals surface area contributed by atoms with Crippen LogP contribution in [-0.2, 0) is 12.8 Å². The van der Waals surface area contributed by atoms with Crippen LogP contribution < -0.4 is 0 Å². The van der Waals surface area contributed by atoms with Gasteiger partial charge in [0.05, 0.1) is 11.1 Å². The molecule has 0 saturated heterocycles. The van der Waals surface area contributed by atoms with Gasteiger partial charge in [-0.3, -0.25) is 0 Å². The molecule has 0 radical (unpaired) electrons. The molecule has 106 valence electrons. The second-order valence-corrected chi connectivity index (χ2v) is 5.53. The van der Waals surface area contributed by atoms with Crippen molar-refractivity contribution in [2.45, 2.75) is 12.8 Å². The van der Waals surface area contributed by atoms with E-state index in [9.17, 15) is 4.79 Å². The molecule has 21 heavy (non-hydrogen) atoms. The summed E-state index contributed by atoms with van der Waals surface area (Å²) in [6, 6.07) is 13.4. The standard InChI is InChI=1S/C16H13BrN2O2/c17-15-13-10-12(16(20)21)8-9-19(13)14(18-15)7-6-11-4-2-1-3-5-11/h1-5,8-10H,6-7H2,(H,20,21). The molecule has 0 aliphatic carbocycles. The van der Waals surface area contributed by atoms with Crippen molar-refractivity contribution >= 4 is 27.4 Å². The zero-order chi connectivity index (χ0) is 14.8. The first-order valence-electron chi connectivity index (χ1n) is 6.59. The summed E-state index contributed by atoms with van der Waals surface area (Å²) in [5.41, 5.74) is 2.29. The van der Waals surface area contributed by atoms with Gasteiger partial charge in [-0.15, -0.1) is 0 Å². The van der Waals surface area contributed by atoms with Gasteiger partial charge in [0.2, 0.25) is 0 Å². The topological polar surface area (TPSA) is 54.6 Å². The van der Waals surface area contributed by atoms with E-state index in [-0.39, 0.29) is 5.56 Å². The minimum absolute atomic E-state index is 0.262. The number of aryl methyl sites for hydroxylation is 2. The van der Waals surface area contributed by atoms with E-state index in [1.807, 2.05) is 22.6 Å². The molecule has 0 aliphatic heterocycles. The lowest BCUT2D eigenvalue weighted by molar-refractivity contribution is 0.0697. The summed E-state index contributed by atoms with van der Waals surface area (Å²) in [7, 11) is 0. The fourth-order valence-corrected chi connectivity index (χ4v) is 2.83. The number of aromatic nitrogens is 2. The monoisotopic (exact) mass is 344 g/mol. The van der Waals surface area contributed by atoms with Gasteiger partial charge in [-0.25, -0.2) is 9.78 Å². The lowest BCUT2D eigenvalue weighted by Crippen LogP contribution is -2.00. The third-order valence-electron chi connectivity index (χ3n) is 3.40. The molecular weight excluding hydrogens is 332 g/mol. The molecule has 1 N–H and O–H groups in total. The zero-order valence-electron chi connectivity index (χ0n) is 11.2. The Hall–Kier alpha value is -2.14. The van der Waals surface area contributed by atoms with Crippen LogP contribution in [0.15, 0.2) is 53.3 Å². The van der Waals surface area contributed by atoms with Gasteiger partial charge in [0.25, 0.3) is 0 Å². The summed E-state index contributed by atoms with van der Waals surface area (Å²) in [5.74, 6) is -0.0193. The van der Waals surface area contributed by atoms with E-state index >= 15 is 0 Å². The van der Waals surface area contributed by atoms with Crippen LogP contribution >= 0.6 is 15.9 Å². The van der Waals surface area contributed by atoms with Crippen molar-refractivity contribution in [1.82, 2.24) is 9.38 Å². The fraction of sp³-hybridized carbons (Fsp3) is 0.125. The van der Waals surface area contributed by atoms with Crippen molar-refractivity contribution in [2.75, 3.05) is 0 Å². The Labute approximate surface area is 130 Å². The van der Waals surface area contributed by atoms with Crippen LogP contribution in [0, 0.1) is 0 Å². The SMILES string of the molecule is O=C(O)c1ccn2c(CCc3ccccc3)nc(Br)c2c1. The largest absolute Gasteiger partial charge is 0.478 e. The van der Waals surface area contributed by atoms with Crippen LogP contribution in [0.2, 0.25) is 0 Å². The predicted octanol–water partition coefficient (Wildman–Crippen LogP) is 3.58. The van der Waals surface area contributed by atoms with E-state index in [0.717, 1.165) is 24.2 Å². The van der Waals surface area contributed by atoms with E-state index in [1.165, 1.54) is 5.56 Å². The third-order valence-corrected chi connectivity index (χ3v) is 3.98. The van der Waals surface area contributed by atoms with Gasteiger partial charge in [0.15, 0.2) is 0 Å². The molecule has 0 spiro atoms. The second-order valence-electron chi connectivity index (χ2n) is 4.78. The van der Waals surface area contributed by atoms with Crippen LogP contribution in [0.25, 0.3) is 5.52 Å². The van der Waals surface area contributed by atoms with E-state index in [1.54, 1.807) is 18.3 Å². The van der Waals surface area contributed by atoms with Gasteiger partial charge in [-0.2, -0.15) is 0 Å². The smallest absolute Gasteiger partial charge is 0.335 e. The first-order valence-corrected chi connectivity index (χ1v) is 7.38. The Morgan fingerprint density at radius 1 is 1.19 bits per heavy atom. The second kappa shape index (κ2) is 5.69. The Bertz CT molecular complexity index is 797. The highest BCUT2D eigenvalue weighted by molar-refractivity contribution is 9.10. The molecule has 5 heteroatoms. The first-order chi connectivity index (χ1) is 10.1. The Kier molecular flexibility index (Phi) is 3.75. The molecule has 0 atom stereocenters. The number of pyridine rings is 1. The number of aromatic carboxylic acids is 1. The number of nitrogens with zero attached hydrogens (tertiary/aromatic N) is 2. The highest BCUT2D eigenvalue weighted by Crippen LogP contribution is 2.21. The van der Waals surface area contributed by atoms with Crippen LogP contribution in [0.5, 0.6) is 0 Å². The summed E-state index contributed by atoms with van der Waals surface area (Å²) < 4.78 is 2.60. The highest BCUT2D eigenvalue weighted by atomic mass is 79.9. The lowest BCUT2D eigenvalue weighted by atomic mass is 10.1. The Balaban J connectivity index is 1.91. The van der Waals surface area contributed by atoms with Crippen molar-refractivity contribution in [2.24, 2.45) is 0 Å². The number of carbonyl (C=O) groups is 1. The van der Waals surface area contributed by atoms with Crippen molar-refractivity contribution in [3.8, 4) is 0 Å². The van der Waals surface area contributed by atoms with Crippen molar-refractivity contribution in [1.29, 1.82) is 0 Å². The molecule has 0 amide bonds. The number of hydrogen-bond acceptors (Lipinski definition) is 2. The maximum atomic E-state index is 11.0. The third kappa shape index (κ3) is 2.83. The summed E-state index contributed by atoms with van der Waals surface area (Å²) in [4.78, 5) is 15.5. The summed E-state index contributed by atoms with van der Waals surface area (Å²) >= 11 is 3.40. The molecular formula is C16H13BrN2O2.